The van der Waals surface area contributed by atoms with Crippen molar-refractivity contribution in [3.8, 4) is 22.6 Å². The minimum Gasteiger partial charge on any atom is -0.504 e. The van der Waals surface area contributed by atoms with E-state index >= 15 is 0 Å². The maximum atomic E-state index is 10.1. The topological polar surface area (TPSA) is 40.5 Å². The Labute approximate surface area is 120 Å². The van der Waals surface area contributed by atoms with Gasteiger partial charge in [-0.2, -0.15) is 0 Å². The highest BCUT2D eigenvalue weighted by atomic mass is 16.3. The molecule has 0 unspecified atom stereocenters. The Morgan fingerprint density at radius 3 is 2.15 bits per heavy atom. The standard InChI is InChI=1S/C18H22O2/c1-3-7-13-9-5-10-15(14(13)8-4-2)16-11-6-12-17(19)18(16)20/h5-6,9-12,19-20H,3-4,7-8H2,1-2H3. The lowest BCUT2D eigenvalue weighted by atomic mass is 9.90. The molecule has 0 amide bonds. The summed E-state index contributed by atoms with van der Waals surface area (Å²) in [7, 11) is 0. The number of aryl methyl sites for hydroxylation is 1. The van der Waals surface area contributed by atoms with Crippen LogP contribution in [0.25, 0.3) is 11.1 Å². The first-order chi connectivity index (χ1) is 9.69. The molecule has 0 heterocycles. The molecular formula is C18H22O2. The summed E-state index contributed by atoms with van der Waals surface area (Å²) in [6.07, 6.45) is 4.20. The minimum absolute atomic E-state index is 0.0292. The lowest BCUT2D eigenvalue weighted by Gasteiger charge is -2.15. The lowest BCUT2D eigenvalue weighted by molar-refractivity contribution is 0.405. The highest BCUT2D eigenvalue weighted by molar-refractivity contribution is 5.76. The van der Waals surface area contributed by atoms with Crippen LogP contribution in [0.1, 0.15) is 37.8 Å². The molecule has 2 nitrogen and oxygen atoms in total. The van der Waals surface area contributed by atoms with E-state index in [9.17, 15) is 10.2 Å². The van der Waals surface area contributed by atoms with Crippen LogP contribution >= 0.6 is 0 Å². The number of phenolic OH excluding ortho intramolecular Hbond substituents is 2. The summed E-state index contributed by atoms with van der Waals surface area (Å²) >= 11 is 0. The fourth-order valence-electron chi connectivity index (χ4n) is 2.68. The van der Waals surface area contributed by atoms with Gasteiger partial charge in [-0.3, -0.25) is 0 Å². The van der Waals surface area contributed by atoms with Gasteiger partial charge in [-0.25, -0.2) is 0 Å². The second-order valence-corrected chi connectivity index (χ2v) is 5.12. The van der Waals surface area contributed by atoms with Gasteiger partial charge in [0.05, 0.1) is 0 Å². The van der Waals surface area contributed by atoms with E-state index in [-0.39, 0.29) is 11.5 Å². The molecule has 0 aromatic heterocycles. The summed E-state index contributed by atoms with van der Waals surface area (Å²) in [4.78, 5) is 0. The Balaban J connectivity index is 2.60. The fraction of sp³-hybridized carbons (Fsp3) is 0.333. The molecule has 0 atom stereocenters. The van der Waals surface area contributed by atoms with Crippen LogP contribution in [0.4, 0.5) is 0 Å². The average Bonchev–Trinajstić information content (AvgIpc) is 2.44. The number of para-hydroxylation sites is 1. The van der Waals surface area contributed by atoms with E-state index in [0.29, 0.717) is 5.56 Å². The van der Waals surface area contributed by atoms with Crippen molar-refractivity contribution in [3.05, 3.63) is 47.5 Å². The van der Waals surface area contributed by atoms with Crippen LogP contribution in [0.15, 0.2) is 36.4 Å². The van der Waals surface area contributed by atoms with E-state index in [1.807, 2.05) is 18.2 Å². The Morgan fingerprint density at radius 1 is 0.800 bits per heavy atom. The first kappa shape index (κ1) is 14.4. The van der Waals surface area contributed by atoms with Crippen LogP contribution in [0.5, 0.6) is 11.5 Å². The van der Waals surface area contributed by atoms with Crippen molar-refractivity contribution >= 4 is 0 Å². The second-order valence-electron chi connectivity index (χ2n) is 5.12. The first-order valence-corrected chi connectivity index (χ1v) is 7.31. The molecule has 2 aromatic carbocycles. The van der Waals surface area contributed by atoms with E-state index < -0.39 is 0 Å². The van der Waals surface area contributed by atoms with E-state index in [0.717, 1.165) is 31.2 Å². The van der Waals surface area contributed by atoms with Gasteiger partial charge in [-0.1, -0.05) is 57.0 Å². The van der Waals surface area contributed by atoms with Gasteiger partial charge in [0.25, 0.3) is 0 Å². The highest BCUT2D eigenvalue weighted by Gasteiger charge is 2.14. The third kappa shape index (κ3) is 2.79. The molecule has 0 aliphatic rings. The van der Waals surface area contributed by atoms with Crippen molar-refractivity contribution < 1.29 is 10.2 Å². The molecule has 20 heavy (non-hydrogen) atoms. The molecule has 0 aliphatic heterocycles. The molecule has 0 saturated carbocycles. The molecule has 0 fully saturated rings. The van der Waals surface area contributed by atoms with Gasteiger partial charge in [0.15, 0.2) is 11.5 Å². The quantitative estimate of drug-likeness (QED) is 0.775. The number of benzene rings is 2. The van der Waals surface area contributed by atoms with E-state index in [1.165, 1.54) is 17.2 Å². The van der Waals surface area contributed by atoms with Crippen molar-refractivity contribution in [1.29, 1.82) is 0 Å². The molecule has 0 aliphatic carbocycles. The molecule has 2 aromatic rings. The molecule has 2 N–H and O–H groups in total. The van der Waals surface area contributed by atoms with Gasteiger partial charge in [-0.15, -0.1) is 0 Å². The van der Waals surface area contributed by atoms with Crippen molar-refractivity contribution in [1.82, 2.24) is 0 Å². The third-order valence-electron chi connectivity index (χ3n) is 3.60. The monoisotopic (exact) mass is 270 g/mol. The summed E-state index contributed by atoms with van der Waals surface area (Å²) in [5, 5.41) is 19.8. The SMILES string of the molecule is CCCc1cccc(-c2cccc(O)c2O)c1CCC. The number of phenols is 2. The van der Waals surface area contributed by atoms with Crippen LogP contribution in [0.2, 0.25) is 0 Å². The van der Waals surface area contributed by atoms with Gasteiger partial charge in [-0.05, 0) is 35.6 Å². The summed E-state index contributed by atoms with van der Waals surface area (Å²) in [6, 6.07) is 11.4. The van der Waals surface area contributed by atoms with Crippen molar-refractivity contribution in [2.75, 3.05) is 0 Å². The largest absolute Gasteiger partial charge is 0.504 e. The number of aromatic hydroxyl groups is 2. The number of rotatable bonds is 5. The zero-order valence-corrected chi connectivity index (χ0v) is 12.2. The van der Waals surface area contributed by atoms with Crippen LogP contribution in [-0.2, 0) is 12.8 Å². The summed E-state index contributed by atoms with van der Waals surface area (Å²) in [5.74, 6) is -0.0932. The van der Waals surface area contributed by atoms with E-state index in [2.05, 4.69) is 19.9 Å². The summed E-state index contributed by atoms with van der Waals surface area (Å²) < 4.78 is 0. The van der Waals surface area contributed by atoms with E-state index in [4.69, 9.17) is 0 Å². The number of hydrogen-bond donors (Lipinski definition) is 2. The molecule has 2 heteroatoms. The van der Waals surface area contributed by atoms with Gasteiger partial charge in [0.2, 0.25) is 0 Å². The van der Waals surface area contributed by atoms with E-state index in [1.54, 1.807) is 6.07 Å². The molecular weight excluding hydrogens is 248 g/mol. The maximum Gasteiger partial charge on any atom is 0.165 e. The average molecular weight is 270 g/mol. The van der Waals surface area contributed by atoms with Crippen LogP contribution in [0, 0.1) is 0 Å². The molecule has 0 spiro atoms. The molecule has 106 valence electrons. The van der Waals surface area contributed by atoms with Crippen LogP contribution in [-0.4, -0.2) is 10.2 Å². The molecule has 0 bridgehead atoms. The van der Waals surface area contributed by atoms with Gasteiger partial charge in [0, 0.05) is 5.56 Å². The molecule has 0 radical (unpaired) electrons. The fourth-order valence-corrected chi connectivity index (χ4v) is 2.68. The Morgan fingerprint density at radius 2 is 1.45 bits per heavy atom. The zero-order valence-electron chi connectivity index (χ0n) is 12.2. The van der Waals surface area contributed by atoms with Gasteiger partial charge in [0.1, 0.15) is 0 Å². The second kappa shape index (κ2) is 6.47. The smallest absolute Gasteiger partial charge is 0.165 e. The lowest BCUT2D eigenvalue weighted by Crippen LogP contribution is -1.97. The first-order valence-electron chi connectivity index (χ1n) is 7.31. The normalized spacial score (nSPS) is 10.7. The minimum atomic E-state index is -0.0640. The molecule has 2 rings (SSSR count). The van der Waals surface area contributed by atoms with Gasteiger partial charge >= 0.3 is 0 Å². The maximum absolute atomic E-state index is 10.1. The zero-order chi connectivity index (χ0) is 14.5. The summed E-state index contributed by atoms with van der Waals surface area (Å²) in [6.45, 7) is 4.34. The highest BCUT2D eigenvalue weighted by Crippen LogP contribution is 2.38. The van der Waals surface area contributed by atoms with Crippen molar-refractivity contribution in [2.45, 2.75) is 39.5 Å². The van der Waals surface area contributed by atoms with Crippen LogP contribution < -0.4 is 0 Å². The van der Waals surface area contributed by atoms with Gasteiger partial charge < -0.3 is 10.2 Å². The Bertz CT molecular complexity index is 588. The summed E-state index contributed by atoms with van der Waals surface area (Å²) in [5.41, 5.74) is 4.38. The predicted molar refractivity (Wildman–Crippen MR) is 83.2 cm³/mol. The van der Waals surface area contributed by atoms with Crippen molar-refractivity contribution in [3.63, 3.8) is 0 Å². The Kier molecular flexibility index (Phi) is 4.67. The third-order valence-corrected chi connectivity index (χ3v) is 3.60. The Hall–Kier alpha value is -1.96. The predicted octanol–water partition coefficient (Wildman–Crippen LogP) is 4.67. The van der Waals surface area contributed by atoms with Crippen LogP contribution in [0.3, 0.4) is 0 Å². The molecule has 0 saturated heterocycles. The number of hydrogen-bond acceptors (Lipinski definition) is 2. The van der Waals surface area contributed by atoms with Crippen molar-refractivity contribution in [2.24, 2.45) is 0 Å².